The van der Waals surface area contributed by atoms with Crippen LogP contribution >= 0.6 is 11.6 Å². The van der Waals surface area contributed by atoms with Gasteiger partial charge >= 0.3 is 0 Å². The maximum absolute atomic E-state index is 11.5. The molecule has 1 aromatic carbocycles. The first-order valence-electron chi connectivity index (χ1n) is 4.52. The van der Waals surface area contributed by atoms with Gasteiger partial charge < -0.3 is 5.32 Å². The van der Waals surface area contributed by atoms with Crippen LogP contribution < -0.4 is 10.8 Å². The normalized spacial score (nSPS) is 9.62. The fourth-order valence-electron chi connectivity index (χ4n) is 0.940. The van der Waals surface area contributed by atoms with Crippen LogP contribution in [0, 0.1) is 0 Å². The minimum Gasteiger partial charge on any atom is -0.357 e. The molecule has 0 aromatic heterocycles. The monoisotopic (exact) mass is 242 g/mol. The van der Waals surface area contributed by atoms with E-state index in [0.29, 0.717) is 10.6 Å². The van der Waals surface area contributed by atoms with Crippen LogP contribution in [0.2, 0.25) is 5.02 Å². The summed E-state index contributed by atoms with van der Waals surface area (Å²) in [5, 5.41) is 2.67. The Bertz CT molecular complexity index is 395. The Kier molecular flexibility index (Phi) is 4.75. The molecule has 0 radical (unpaired) electrons. The number of amides is 2. The summed E-state index contributed by atoms with van der Waals surface area (Å²) in [4.78, 5) is 27.0. The molecule has 5 nitrogen and oxygen atoms in total. The lowest BCUT2D eigenvalue weighted by Gasteiger charge is -2.06. The van der Waals surface area contributed by atoms with Crippen molar-refractivity contribution in [3.8, 4) is 0 Å². The molecule has 0 aliphatic carbocycles. The van der Waals surface area contributed by atoms with Crippen molar-refractivity contribution >= 4 is 23.4 Å². The lowest BCUT2D eigenvalue weighted by Crippen LogP contribution is -2.31. The molecule has 2 N–H and O–H groups in total. The number of rotatable bonds is 4. The molecule has 16 heavy (non-hydrogen) atoms. The van der Waals surface area contributed by atoms with Gasteiger partial charge in [-0.3, -0.25) is 14.4 Å². The quantitative estimate of drug-likeness (QED) is 0.766. The Morgan fingerprint density at radius 1 is 1.38 bits per heavy atom. The minimum absolute atomic E-state index is 0.243. The Morgan fingerprint density at radius 3 is 2.69 bits per heavy atom. The van der Waals surface area contributed by atoms with Gasteiger partial charge in [0.2, 0.25) is 5.91 Å². The number of benzene rings is 1. The van der Waals surface area contributed by atoms with Crippen LogP contribution in [0.25, 0.3) is 0 Å². The largest absolute Gasteiger partial charge is 0.357 e. The van der Waals surface area contributed by atoms with Gasteiger partial charge in [-0.15, -0.1) is 0 Å². The van der Waals surface area contributed by atoms with Gasteiger partial charge in [-0.25, -0.2) is 5.48 Å². The van der Waals surface area contributed by atoms with E-state index in [4.69, 9.17) is 11.6 Å². The van der Waals surface area contributed by atoms with Crippen molar-refractivity contribution in [2.24, 2.45) is 0 Å². The summed E-state index contributed by atoms with van der Waals surface area (Å²) in [6, 6.07) is 6.54. The van der Waals surface area contributed by atoms with Crippen LogP contribution in [-0.2, 0) is 9.63 Å². The Morgan fingerprint density at radius 2 is 2.06 bits per heavy atom. The molecule has 0 heterocycles. The van der Waals surface area contributed by atoms with Gasteiger partial charge in [-0.1, -0.05) is 23.7 Å². The third-order valence-electron chi connectivity index (χ3n) is 1.77. The number of halogens is 1. The summed E-state index contributed by atoms with van der Waals surface area (Å²) < 4.78 is 0. The van der Waals surface area contributed by atoms with Crippen LogP contribution in [0.15, 0.2) is 24.3 Å². The second kappa shape index (κ2) is 6.09. The van der Waals surface area contributed by atoms with E-state index >= 15 is 0 Å². The first kappa shape index (κ1) is 12.5. The first-order chi connectivity index (χ1) is 7.65. The second-order valence-electron chi connectivity index (χ2n) is 2.87. The number of hydrogen-bond donors (Lipinski definition) is 2. The third-order valence-corrected chi connectivity index (χ3v) is 2.10. The maximum atomic E-state index is 11.5. The number of carbonyl (C=O) groups is 2. The predicted octanol–water partition coefficient (Wildman–Crippen LogP) is 0.747. The van der Waals surface area contributed by atoms with Gasteiger partial charge in [-0.2, -0.15) is 0 Å². The van der Waals surface area contributed by atoms with Crippen LogP contribution in [0.3, 0.4) is 0 Å². The molecule has 0 spiro atoms. The highest BCUT2D eigenvalue weighted by atomic mass is 35.5. The van der Waals surface area contributed by atoms with Crippen molar-refractivity contribution < 1.29 is 14.4 Å². The zero-order valence-electron chi connectivity index (χ0n) is 8.62. The van der Waals surface area contributed by atoms with E-state index < -0.39 is 5.91 Å². The molecule has 1 aromatic rings. The highest BCUT2D eigenvalue weighted by Gasteiger charge is 2.09. The van der Waals surface area contributed by atoms with E-state index in [9.17, 15) is 9.59 Å². The molecule has 0 atom stereocenters. The fourth-order valence-corrected chi connectivity index (χ4v) is 1.16. The second-order valence-corrected chi connectivity index (χ2v) is 3.28. The van der Waals surface area contributed by atoms with Crippen LogP contribution in [0.1, 0.15) is 10.4 Å². The lowest BCUT2D eigenvalue weighted by atomic mass is 10.2. The van der Waals surface area contributed by atoms with Crippen molar-refractivity contribution in [2.45, 2.75) is 0 Å². The third kappa shape index (κ3) is 3.52. The number of nitrogens with one attached hydrogen (secondary N) is 2. The minimum atomic E-state index is -0.491. The van der Waals surface area contributed by atoms with Gasteiger partial charge in [0.25, 0.3) is 5.91 Å². The fraction of sp³-hybridized carbons (Fsp3) is 0.200. The molecule has 1 rings (SSSR count). The zero-order chi connectivity index (χ0) is 12.0. The first-order valence-corrected chi connectivity index (χ1v) is 4.90. The summed E-state index contributed by atoms with van der Waals surface area (Å²) in [5.74, 6) is -0.825. The van der Waals surface area contributed by atoms with E-state index in [1.807, 2.05) is 0 Å². The Hall–Kier alpha value is -1.59. The van der Waals surface area contributed by atoms with Crippen LogP contribution in [-0.4, -0.2) is 25.5 Å². The summed E-state index contributed by atoms with van der Waals surface area (Å²) in [5.41, 5.74) is 2.41. The smallest absolute Gasteiger partial charge is 0.276 e. The maximum Gasteiger partial charge on any atom is 0.276 e. The number of hydrogen-bond acceptors (Lipinski definition) is 3. The standard InChI is InChI=1S/C10H11ClN2O3/c1-12-9(14)6-16-13-10(15)7-4-2-3-5-8(7)11/h2-5H,6H2,1H3,(H,12,14)(H,13,15). The van der Waals surface area contributed by atoms with Crippen molar-refractivity contribution in [1.29, 1.82) is 0 Å². The molecule has 0 bridgehead atoms. The average Bonchev–Trinajstić information content (AvgIpc) is 2.29. The molecule has 0 saturated carbocycles. The molecule has 0 unspecified atom stereocenters. The van der Waals surface area contributed by atoms with E-state index in [0.717, 1.165) is 0 Å². The van der Waals surface area contributed by atoms with Crippen LogP contribution in [0.4, 0.5) is 0 Å². The number of hydroxylamine groups is 1. The Labute approximate surface area is 97.7 Å². The zero-order valence-corrected chi connectivity index (χ0v) is 9.38. The molecule has 2 amide bonds. The average molecular weight is 243 g/mol. The molecule has 0 aliphatic heterocycles. The van der Waals surface area contributed by atoms with E-state index in [-0.39, 0.29) is 12.5 Å². The molecular formula is C10H11ClN2O3. The SMILES string of the molecule is CNC(=O)CONC(=O)c1ccccc1Cl. The van der Waals surface area contributed by atoms with Gasteiger partial charge in [0.05, 0.1) is 10.6 Å². The van der Waals surface area contributed by atoms with Crippen molar-refractivity contribution in [2.75, 3.05) is 13.7 Å². The number of carbonyl (C=O) groups excluding carboxylic acids is 2. The summed E-state index contributed by atoms with van der Waals surface area (Å²) in [6.07, 6.45) is 0. The highest BCUT2D eigenvalue weighted by molar-refractivity contribution is 6.33. The predicted molar refractivity (Wildman–Crippen MR) is 58.9 cm³/mol. The molecule has 0 saturated heterocycles. The van der Waals surface area contributed by atoms with Crippen molar-refractivity contribution in [3.63, 3.8) is 0 Å². The summed E-state index contributed by atoms with van der Waals surface area (Å²) >= 11 is 5.79. The van der Waals surface area contributed by atoms with E-state index in [1.165, 1.54) is 7.05 Å². The lowest BCUT2D eigenvalue weighted by molar-refractivity contribution is -0.126. The molecule has 0 fully saturated rings. The van der Waals surface area contributed by atoms with Gasteiger partial charge in [0, 0.05) is 7.05 Å². The van der Waals surface area contributed by atoms with Crippen LogP contribution in [0.5, 0.6) is 0 Å². The molecular weight excluding hydrogens is 232 g/mol. The van der Waals surface area contributed by atoms with Gasteiger partial charge in [0.15, 0.2) is 6.61 Å². The van der Waals surface area contributed by atoms with Gasteiger partial charge in [-0.05, 0) is 12.1 Å². The topological polar surface area (TPSA) is 67.4 Å². The molecule has 86 valence electrons. The van der Waals surface area contributed by atoms with Crippen molar-refractivity contribution in [3.05, 3.63) is 34.9 Å². The van der Waals surface area contributed by atoms with E-state index in [1.54, 1.807) is 24.3 Å². The molecule has 0 aliphatic rings. The van der Waals surface area contributed by atoms with Crippen molar-refractivity contribution in [1.82, 2.24) is 10.8 Å². The highest BCUT2D eigenvalue weighted by Crippen LogP contribution is 2.14. The number of likely N-dealkylation sites (N-methyl/N-ethyl adjacent to an activating group) is 1. The van der Waals surface area contributed by atoms with Gasteiger partial charge in [0.1, 0.15) is 0 Å². The van der Waals surface area contributed by atoms with E-state index in [2.05, 4.69) is 15.6 Å². The summed E-state index contributed by atoms with van der Waals surface area (Å²) in [6.45, 7) is -0.243. The summed E-state index contributed by atoms with van der Waals surface area (Å²) in [7, 11) is 1.47. The Balaban J connectivity index is 2.47. The molecule has 6 heteroatoms.